The molecule has 3 nitrogen and oxygen atoms in total. The molecule has 1 aliphatic heterocycles. The van der Waals surface area contributed by atoms with Crippen molar-refractivity contribution in [3.05, 3.63) is 25.0 Å². The van der Waals surface area contributed by atoms with Crippen molar-refractivity contribution in [1.29, 1.82) is 0 Å². The zero-order valence-corrected chi connectivity index (χ0v) is 8.52. The Balaban J connectivity index is 1.80. The van der Waals surface area contributed by atoms with E-state index in [0.717, 1.165) is 12.8 Å². The molecule has 3 aliphatic rings. The minimum absolute atomic E-state index is 0.0169. The first-order valence-electron chi connectivity index (χ1n) is 5.39. The Morgan fingerprint density at radius 1 is 1.53 bits per heavy atom. The first-order valence-corrected chi connectivity index (χ1v) is 5.39. The van der Waals surface area contributed by atoms with Gasteiger partial charge in [-0.05, 0) is 18.9 Å². The van der Waals surface area contributed by atoms with Crippen LogP contribution in [0.2, 0.25) is 0 Å². The number of esters is 1. The average molecular weight is 206 g/mol. The molecule has 5 atom stereocenters. The van der Waals surface area contributed by atoms with E-state index in [-0.39, 0.29) is 24.1 Å². The molecule has 3 heteroatoms. The van der Waals surface area contributed by atoms with Gasteiger partial charge in [0.25, 0.3) is 0 Å². The quantitative estimate of drug-likeness (QED) is 0.400. The van der Waals surface area contributed by atoms with E-state index in [1.807, 2.05) is 0 Å². The molecule has 1 heterocycles. The van der Waals surface area contributed by atoms with Crippen LogP contribution in [0.25, 0.3) is 0 Å². The van der Waals surface area contributed by atoms with Crippen LogP contribution in [0, 0.1) is 17.8 Å². The summed E-state index contributed by atoms with van der Waals surface area (Å²) in [5.74, 6) is 1.56. The summed E-state index contributed by atoms with van der Waals surface area (Å²) in [7, 11) is 0. The molecule has 80 valence electrons. The van der Waals surface area contributed by atoms with Gasteiger partial charge in [0.15, 0.2) is 0 Å². The predicted molar refractivity (Wildman–Crippen MR) is 53.8 cm³/mol. The monoisotopic (exact) mass is 206 g/mol. The lowest BCUT2D eigenvalue weighted by Gasteiger charge is -2.26. The van der Waals surface area contributed by atoms with Crippen molar-refractivity contribution in [2.24, 2.45) is 17.8 Å². The third-order valence-electron chi connectivity index (χ3n) is 3.93. The van der Waals surface area contributed by atoms with Gasteiger partial charge in [0.05, 0.1) is 5.92 Å². The lowest BCUT2D eigenvalue weighted by Crippen LogP contribution is -2.33. The van der Waals surface area contributed by atoms with Crippen LogP contribution in [-0.2, 0) is 14.3 Å². The van der Waals surface area contributed by atoms with Crippen LogP contribution in [0.5, 0.6) is 0 Å². The molecule has 0 amide bonds. The second-order valence-corrected chi connectivity index (χ2v) is 4.66. The number of ether oxygens (including phenoxy) is 2. The fourth-order valence-corrected chi connectivity index (χ4v) is 3.29. The summed E-state index contributed by atoms with van der Waals surface area (Å²) < 4.78 is 11.0. The van der Waals surface area contributed by atoms with Crippen LogP contribution in [0.4, 0.5) is 0 Å². The van der Waals surface area contributed by atoms with Gasteiger partial charge in [-0.2, -0.15) is 0 Å². The largest absolute Gasteiger partial charge is 0.487 e. The normalized spacial score (nSPS) is 45.3. The SMILES string of the molecule is C=CC(=C)OC1C2CC3C(=O)OC1C3C2. The van der Waals surface area contributed by atoms with Crippen LogP contribution in [0.3, 0.4) is 0 Å². The highest BCUT2D eigenvalue weighted by atomic mass is 16.6. The third-order valence-corrected chi connectivity index (χ3v) is 3.93. The molecule has 5 unspecified atom stereocenters. The Kier molecular flexibility index (Phi) is 1.73. The second-order valence-electron chi connectivity index (χ2n) is 4.66. The van der Waals surface area contributed by atoms with Gasteiger partial charge in [0.2, 0.25) is 0 Å². The molecule has 2 aliphatic carbocycles. The zero-order valence-electron chi connectivity index (χ0n) is 8.52. The number of carbonyl (C=O) groups excluding carboxylic acids is 1. The van der Waals surface area contributed by atoms with Crippen LogP contribution in [0.1, 0.15) is 12.8 Å². The van der Waals surface area contributed by atoms with Gasteiger partial charge in [-0.1, -0.05) is 13.2 Å². The van der Waals surface area contributed by atoms with Crippen molar-refractivity contribution in [2.75, 3.05) is 0 Å². The molecule has 0 aromatic carbocycles. The second kappa shape index (κ2) is 2.87. The van der Waals surface area contributed by atoms with Crippen molar-refractivity contribution in [2.45, 2.75) is 25.0 Å². The fourth-order valence-electron chi connectivity index (χ4n) is 3.29. The summed E-state index contributed by atoms with van der Waals surface area (Å²) in [6.07, 6.45) is 3.58. The molecule has 2 bridgehead atoms. The molecule has 0 aromatic rings. The minimum atomic E-state index is -0.0297. The van der Waals surface area contributed by atoms with Crippen molar-refractivity contribution in [3.63, 3.8) is 0 Å². The van der Waals surface area contributed by atoms with E-state index in [1.165, 1.54) is 0 Å². The maximum Gasteiger partial charge on any atom is 0.309 e. The maximum atomic E-state index is 11.5. The number of allylic oxidation sites excluding steroid dienone is 1. The number of rotatable bonds is 3. The van der Waals surface area contributed by atoms with E-state index < -0.39 is 0 Å². The number of fused-ring (bicyclic) bond motifs is 1. The molecule has 3 rings (SSSR count). The van der Waals surface area contributed by atoms with Gasteiger partial charge >= 0.3 is 5.97 Å². The van der Waals surface area contributed by atoms with E-state index in [9.17, 15) is 4.79 Å². The summed E-state index contributed by atoms with van der Waals surface area (Å²) in [5.41, 5.74) is 0. The van der Waals surface area contributed by atoms with Gasteiger partial charge in [-0.25, -0.2) is 0 Å². The lowest BCUT2D eigenvalue weighted by atomic mass is 9.88. The van der Waals surface area contributed by atoms with Crippen molar-refractivity contribution >= 4 is 5.97 Å². The standard InChI is InChI=1S/C12H14O3/c1-3-6(2)14-10-7-4-8-9(5-7)12(13)15-11(8)10/h3,7-11H,1-2,4-5H2. The van der Waals surface area contributed by atoms with Gasteiger partial charge in [0, 0.05) is 11.8 Å². The van der Waals surface area contributed by atoms with Gasteiger partial charge < -0.3 is 9.47 Å². The number of hydrogen-bond acceptors (Lipinski definition) is 3. The van der Waals surface area contributed by atoms with Crippen LogP contribution >= 0.6 is 0 Å². The first-order chi connectivity index (χ1) is 7.20. The summed E-state index contributed by atoms with van der Waals surface area (Å²) in [6.45, 7) is 7.35. The van der Waals surface area contributed by atoms with Crippen LogP contribution in [0.15, 0.2) is 25.0 Å². The van der Waals surface area contributed by atoms with E-state index in [1.54, 1.807) is 6.08 Å². The Hall–Kier alpha value is -1.25. The van der Waals surface area contributed by atoms with E-state index >= 15 is 0 Å². The van der Waals surface area contributed by atoms with E-state index in [2.05, 4.69) is 13.2 Å². The summed E-state index contributed by atoms with van der Waals surface area (Å²) >= 11 is 0. The smallest absolute Gasteiger partial charge is 0.309 e. The summed E-state index contributed by atoms with van der Waals surface area (Å²) in [4.78, 5) is 11.5. The fraction of sp³-hybridized carbons (Fsp3) is 0.583. The molecule has 3 fully saturated rings. The van der Waals surface area contributed by atoms with Crippen molar-refractivity contribution in [1.82, 2.24) is 0 Å². The maximum absolute atomic E-state index is 11.5. The van der Waals surface area contributed by atoms with Crippen molar-refractivity contribution in [3.8, 4) is 0 Å². The predicted octanol–water partition coefficient (Wildman–Crippen LogP) is 1.65. The molecule has 0 spiro atoms. The molecule has 0 N–H and O–H groups in total. The molecular formula is C12H14O3. The Bertz CT molecular complexity index is 347. The highest BCUT2D eigenvalue weighted by Gasteiger charge is 2.62. The summed E-state index contributed by atoms with van der Waals surface area (Å²) in [5, 5.41) is 0. The molecule has 0 radical (unpaired) electrons. The molecular weight excluding hydrogens is 192 g/mol. The van der Waals surface area contributed by atoms with Crippen LogP contribution in [-0.4, -0.2) is 18.2 Å². The molecule has 2 saturated carbocycles. The minimum Gasteiger partial charge on any atom is -0.487 e. The van der Waals surface area contributed by atoms with Gasteiger partial charge in [-0.15, -0.1) is 0 Å². The average Bonchev–Trinajstić information content (AvgIpc) is 2.81. The first kappa shape index (κ1) is 9.01. The van der Waals surface area contributed by atoms with Gasteiger partial charge in [-0.3, -0.25) is 4.79 Å². The summed E-state index contributed by atoms with van der Waals surface area (Å²) in [6, 6.07) is 0. The number of hydrogen-bond donors (Lipinski definition) is 0. The Morgan fingerprint density at radius 2 is 2.33 bits per heavy atom. The zero-order chi connectivity index (χ0) is 10.6. The molecule has 15 heavy (non-hydrogen) atoms. The van der Waals surface area contributed by atoms with E-state index in [0.29, 0.717) is 17.6 Å². The Morgan fingerprint density at radius 3 is 3.07 bits per heavy atom. The van der Waals surface area contributed by atoms with Crippen molar-refractivity contribution < 1.29 is 14.3 Å². The highest BCUT2D eigenvalue weighted by Crippen LogP contribution is 2.55. The topological polar surface area (TPSA) is 35.5 Å². The Labute approximate surface area is 88.7 Å². The van der Waals surface area contributed by atoms with E-state index in [4.69, 9.17) is 9.47 Å². The molecule has 0 aromatic heterocycles. The number of carbonyl (C=O) groups is 1. The van der Waals surface area contributed by atoms with Crippen LogP contribution < -0.4 is 0 Å². The lowest BCUT2D eigenvalue weighted by molar-refractivity contribution is -0.146. The molecule has 1 saturated heterocycles. The third kappa shape index (κ3) is 1.09. The highest BCUT2D eigenvalue weighted by molar-refractivity contribution is 5.76. The van der Waals surface area contributed by atoms with Gasteiger partial charge in [0.1, 0.15) is 18.0 Å².